The Bertz CT molecular complexity index is 2570. The third-order valence-corrected chi connectivity index (χ3v) is 9.14. The van der Waals surface area contributed by atoms with Crippen molar-refractivity contribution >= 4 is 117 Å². The summed E-state index contributed by atoms with van der Waals surface area (Å²) in [5.41, 5.74) is 14.3. The summed E-state index contributed by atoms with van der Waals surface area (Å²) < 4.78 is 11.3. The van der Waals surface area contributed by atoms with Gasteiger partial charge in [-0.25, -0.2) is 14.6 Å². The third kappa shape index (κ3) is 17.0. The maximum absolute atomic E-state index is 8.87. The quantitative estimate of drug-likeness (QED) is 0.103. The summed E-state index contributed by atoms with van der Waals surface area (Å²) in [4.78, 5) is 18.5. The Morgan fingerprint density at radius 2 is 1.00 bits per heavy atom. The first kappa shape index (κ1) is 53.6. The SMILES string of the molecule is Cc1cc(C)cc(-c2ccc3c(-c4ccccc4)cccc3n2)c1.Cc1cc(C)cc(-c2ccc3c(Cl)cccc3n2)c1.O=[P+]([O-])O[O-].OB(O)c1ccccc1.[K+].[K][K]. The minimum absolute atomic E-state index is 0. The van der Waals surface area contributed by atoms with Gasteiger partial charge in [-0.15, -0.1) is 0 Å². The molecule has 0 bridgehead atoms. The molecule has 0 aliphatic rings. The van der Waals surface area contributed by atoms with E-state index < -0.39 is 15.4 Å². The van der Waals surface area contributed by atoms with Crippen LogP contribution in [-0.4, -0.2) is 90.3 Å². The van der Waals surface area contributed by atoms with Crippen molar-refractivity contribution in [3.63, 3.8) is 0 Å². The molecule has 2 aromatic heterocycles. The van der Waals surface area contributed by atoms with Crippen molar-refractivity contribution in [1.82, 2.24) is 9.97 Å². The fourth-order valence-electron chi connectivity index (χ4n) is 6.33. The second kappa shape index (κ2) is 28.3. The van der Waals surface area contributed by atoms with Crippen LogP contribution >= 0.6 is 19.9 Å². The molecule has 60 heavy (non-hydrogen) atoms. The van der Waals surface area contributed by atoms with Crippen molar-refractivity contribution < 1.29 is 80.8 Å². The minimum atomic E-state index is -3.15. The van der Waals surface area contributed by atoms with Gasteiger partial charge in [-0.05, 0) is 110 Å². The molecule has 0 amide bonds. The van der Waals surface area contributed by atoms with E-state index in [4.69, 9.17) is 46.3 Å². The van der Waals surface area contributed by atoms with Crippen LogP contribution in [0.25, 0.3) is 55.4 Å². The van der Waals surface area contributed by atoms with Crippen LogP contribution in [0.5, 0.6) is 0 Å². The van der Waals surface area contributed by atoms with Crippen molar-refractivity contribution in [2.45, 2.75) is 27.7 Å². The van der Waals surface area contributed by atoms with E-state index in [0.717, 1.165) is 38.4 Å². The molecule has 2 heterocycles. The maximum atomic E-state index is 8.87. The zero-order valence-electron chi connectivity index (χ0n) is 34.8. The molecule has 6 aromatic carbocycles. The predicted molar refractivity (Wildman–Crippen MR) is 240 cm³/mol. The zero-order chi connectivity index (χ0) is 42.9. The summed E-state index contributed by atoms with van der Waals surface area (Å²) in [5.74, 6) is 0. The first-order valence-electron chi connectivity index (χ1n) is 18.9. The summed E-state index contributed by atoms with van der Waals surface area (Å²) in [5, 5.41) is 28.6. The Balaban J connectivity index is 0.000000237. The van der Waals surface area contributed by atoms with Crippen LogP contribution in [0, 0.1) is 27.7 Å². The van der Waals surface area contributed by atoms with E-state index in [1.165, 1.54) is 107 Å². The first-order valence-corrected chi connectivity index (χ1v) is 36.4. The van der Waals surface area contributed by atoms with Crippen LogP contribution in [0.15, 0.2) is 158 Å². The van der Waals surface area contributed by atoms with E-state index in [-0.39, 0.29) is 51.4 Å². The molecular weight excluding hydrogens is 871 g/mol. The number of halogens is 1. The van der Waals surface area contributed by atoms with Crippen molar-refractivity contribution in [2.24, 2.45) is 0 Å². The van der Waals surface area contributed by atoms with Crippen molar-refractivity contribution in [2.75, 3.05) is 0 Å². The normalized spacial score (nSPS) is 10.2. The van der Waals surface area contributed by atoms with Gasteiger partial charge in [0.05, 0.1) is 22.4 Å². The molecule has 1 unspecified atom stereocenters. The van der Waals surface area contributed by atoms with E-state index in [1.54, 1.807) is 24.3 Å². The molecule has 0 aliphatic carbocycles. The number of fused-ring (bicyclic) bond motifs is 2. The van der Waals surface area contributed by atoms with Crippen molar-refractivity contribution in [3.8, 4) is 33.6 Å². The average Bonchev–Trinajstić information content (AvgIpc) is 3.24. The number of nitrogens with zero attached hydrogens (tertiary/aromatic N) is 2. The molecule has 0 radical (unpaired) electrons. The van der Waals surface area contributed by atoms with Gasteiger partial charge in [-0.1, -0.05) is 131 Å². The molecule has 0 aliphatic heterocycles. The second-order valence-corrected chi connectivity index (χ2v) is 14.3. The van der Waals surface area contributed by atoms with Gasteiger partial charge in [0.15, 0.2) is 0 Å². The molecule has 0 saturated carbocycles. The summed E-state index contributed by atoms with van der Waals surface area (Å²) in [6, 6.07) is 52.8. The number of hydrogen-bond acceptors (Lipinski definition) is 8. The van der Waals surface area contributed by atoms with Gasteiger partial charge in [0.25, 0.3) is 0 Å². The molecule has 288 valence electrons. The Hall–Kier alpha value is -0.696. The number of pyridine rings is 2. The summed E-state index contributed by atoms with van der Waals surface area (Å²) in [7, 11) is -4.50. The van der Waals surface area contributed by atoms with E-state index in [2.05, 4.69) is 123 Å². The Morgan fingerprint density at radius 3 is 1.43 bits per heavy atom. The Kier molecular flexibility index (Phi) is 25.3. The van der Waals surface area contributed by atoms with Crippen molar-refractivity contribution in [3.05, 3.63) is 185 Å². The number of aryl methyl sites for hydroxylation is 4. The van der Waals surface area contributed by atoms with Crippen LogP contribution in [0.2, 0.25) is 5.02 Å². The van der Waals surface area contributed by atoms with E-state index in [1.807, 2.05) is 42.5 Å². The monoisotopic (exact) mass is 910 g/mol. The van der Waals surface area contributed by atoms with Gasteiger partial charge in [0, 0.05) is 26.9 Å². The zero-order valence-corrected chi connectivity index (χ0v) is 45.9. The van der Waals surface area contributed by atoms with Crippen LogP contribution < -0.4 is 67.0 Å². The van der Waals surface area contributed by atoms with Gasteiger partial charge in [0.2, 0.25) is 0 Å². The molecule has 0 fully saturated rings. The van der Waals surface area contributed by atoms with Gasteiger partial charge < -0.3 is 20.2 Å². The van der Waals surface area contributed by atoms with Gasteiger partial charge in [0.1, 0.15) is 0 Å². The fraction of sp³-hybridized carbons (Fsp3) is 0.0870. The number of aromatic nitrogens is 2. The Labute approximate surface area is 445 Å². The van der Waals surface area contributed by atoms with Crippen LogP contribution in [0.4, 0.5) is 0 Å². The van der Waals surface area contributed by atoms with Gasteiger partial charge in [-0.3, -0.25) is 0 Å². The van der Waals surface area contributed by atoms with Crippen LogP contribution in [0.3, 0.4) is 0 Å². The van der Waals surface area contributed by atoms with Crippen LogP contribution in [0.1, 0.15) is 22.3 Å². The number of benzene rings is 6. The predicted octanol–water partition coefficient (Wildman–Crippen LogP) is 5.26. The molecule has 8 aromatic rings. The summed E-state index contributed by atoms with van der Waals surface area (Å²) >= 11 is 8.67. The third-order valence-electron chi connectivity index (χ3n) is 8.69. The van der Waals surface area contributed by atoms with Gasteiger partial charge in [-0.2, -0.15) is 0 Å². The van der Waals surface area contributed by atoms with Gasteiger partial charge >= 0.3 is 130 Å². The van der Waals surface area contributed by atoms with Crippen molar-refractivity contribution in [1.29, 1.82) is 0 Å². The molecule has 14 heteroatoms. The molecule has 8 rings (SSSR count). The Morgan fingerprint density at radius 1 is 0.583 bits per heavy atom. The summed E-state index contributed by atoms with van der Waals surface area (Å²) in [6.07, 6.45) is 0. The molecule has 8 nitrogen and oxygen atoms in total. The van der Waals surface area contributed by atoms with E-state index in [9.17, 15) is 0 Å². The molecule has 0 spiro atoms. The molecule has 0 saturated heterocycles. The summed E-state index contributed by atoms with van der Waals surface area (Å²) in [6.45, 7) is 8.47. The first-order chi connectivity index (χ1) is 28.4. The standard InChI is InChI=1S/C23H19N.C17H14ClN.C6H7BO2.3K.HO4P/c1-16-13-17(2)15-19(14-16)22-12-11-21-20(9-6-10-23(21)24-22)18-7-4-3-5-8-18;1-11-8-12(2)10-13(9-11)16-7-6-14-15(18)4-3-5-17(14)19-16;8-7(9)6-4-2-1-3-5-6;;;;1-4-5(2)3/h3-15H,1-2H3;3-10H,1-2H3;1-5,8-9H;;;;1H/q;;;;;+1;/p-1. The number of hydrogen-bond donors (Lipinski definition) is 2. The fourth-order valence-corrected chi connectivity index (χ4v) is 6.57. The molecule has 1 atom stereocenters. The molecule has 2 N–H and O–H groups in total. The van der Waals surface area contributed by atoms with E-state index in [0.29, 0.717) is 5.46 Å². The van der Waals surface area contributed by atoms with Crippen LogP contribution in [-0.2, 0) is 9.24 Å². The number of rotatable bonds is 5. The molecular formula is C46H40BClK3N2O6P. The average molecular weight is 911 g/mol. The second-order valence-electron chi connectivity index (χ2n) is 13.3. The van der Waals surface area contributed by atoms with E-state index >= 15 is 0 Å². The topological polar surface area (TPSA) is 139 Å².